The zero-order chi connectivity index (χ0) is 15.5. The monoisotopic (exact) mass is 332 g/mol. The minimum atomic E-state index is 0.149. The summed E-state index contributed by atoms with van der Waals surface area (Å²) < 4.78 is 0. The fourth-order valence-corrected chi connectivity index (χ4v) is 4.82. The van der Waals surface area contributed by atoms with E-state index in [9.17, 15) is 4.79 Å². The van der Waals surface area contributed by atoms with Gasteiger partial charge in [-0.05, 0) is 35.7 Å². The van der Waals surface area contributed by atoms with Crippen LogP contribution in [0.25, 0.3) is 0 Å². The summed E-state index contributed by atoms with van der Waals surface area (Å²) in [4.78, 5) is 16.7. The Bertz CT molecular complexity index is 641. The molecule has 1 saturated heterocycles. The Morgan fingerprint density at radius 3 is 2.77 bits per heavy atom. The highest BCUT2D eigenvalue weighted by molar-refractivity contribution is 7.98. The quantitative estimate of drug-likeness (QED) is 0.874. The Hall–Kier alpha value is -1.30. The van der Waals surface area contributed by atoms with Gasteiger partial charge >= 0.3 is 0 Å². The number of rotatable bonds is 4. The molecule has 116 valence electrons. The van der Waals surface area contributed by atoms with Crippen LogP contribution in [0.1, 0.15) is 21.2 Å². The molecule has 1 aromatic carbocycles. The number of carbonyl (C=O) groups excluding carboxylic acids is 1. The molecule has 0 aliphatic carbocycles. The summed E-state index contributed by atoms with van der Waals surface area (Å²) in [6.45, 7) is 2.13. The lowest BCUT2D eigenvalue weighted by Crippen LogP contribution is -2.29. The molecule has 22 heavy (non-hydrogen) atoms. The van der Waals surface area contributed by atoms with Crippen LogP contribution in [0.5, 0.6) is 0 Å². The van der Waals surface area contributed by atoms with Gasteiger partial charge in [-0.15, -0.1) is 23.1 Å². The second-order valence-corrected chi connectivity index (χ2v) is 7.31. The molecular weight excluding hydrogens is 312 g/mol. The van der Waals surface area contributed by atoms with Crippen molar-refractivity contribution in [3.05, 3.63) is 52.2 Å². The van der Waals surface area contributed by atoms with Crippen molar-refractivity contribution >= 4 is 29.0 Å². The lowest BCUT2D eigenvalue weighted by molar-refractivity contribution is 0.0788. The molecule has 1 aliphatic heterocycles. The highest BCUT2D eigenvalue weighted by atomic mass is 32.2. The van der Waals surface area contributed by atoms with Crippen molar-refractivity contribution < 1.29 is 4.79 Å². The maximum absolute atomic E-state index is 12.8. The number of likely N-dealkylation sites (tertiary alicyclic amines) is 1. The van der Waals surface area contributed by atoms with E-state index in [0.717, 1.165) is 22.9 Å². The summed E-state index contributed by atoms with van der Waals surface area (Å²) in [7, 11) is 0. The van der Waals surface area contributed by atoms with Crippen molar-refractivity contribution in [2.45, 2.75) is 10.8 Å². The third kappa shape index (κ3) is 2.93. The van der Waals surface area contributed by atoms with Crippen LogP contribution in [0.3, 0.4) is 0 Å². The van der Waals surface area contributed by atoms with Crippen LogP contribution in [-0.2, 0) is 0 Å². The van der Waals surface area contributed by atoms with Crippen molar-refractivity contribution in [3.8, 4) is 0 Å². The minimum absolute atomic E-state index is 0.149. The molecule has 1 aliphatic rings. The lowest BCUT2D eigenvalue weighted by atomic mass is 9.89. The van der Waals surface area contributed by atoms with E-state index in [2.05, 4.69) is 24.3 Å². The average molecular weight is 332 g/mol. The van der Waals surface area contributed by atoms with Crippen molar-refractivity contribution in [2.24, 2.45) is 11.7 Å². The summed E-state index contributed by atoms with van der Waals surface area (Å²) in [5, 5.41) is 1.99. The first kappa shape index (κ1) is 15.6. The second kappa shape index (κ2) is 6.86. The number of thioether (sulfide) groups is 1. The summed E-state index contributed by atoms with van der Waals surface area (Å²) in [5.74, 6) is 0.827. The van der Waals surface area contributed by atoms with Crippen LogP contribution in [0.2, 0.25) is 0 Å². The van der Waals surface area contributed by atoms with Crippen molar-refractivity contribution in [1.82, 2.24) is 4.90 Å². The van der Waals surface area contributed by atoms with Crippen LogP contribution in [0.15, 0.2) is 46.7 Å². The number of nitrogens with two attached hydrogens (primary N) is 1. The topological polar surface area (TPSA) is 46.3 Å². The third-order valence-electron chi connectivity index (χ3n) is 4.30. The van der Waals surface area contributed by atoms with Gasteiger partial charge in [-0.2, -0.15) is 0 Å². The van der Waals surface area contributed by atoms with Gasteiger partial charge in [0.05, 0.1) is 0 Å². The van der Waals surface area contributed by atoms with Gasteiger partial charge < -0.3 is 10.6 Å². The molecule has 0 bridgehead atoms. The maximum Gasteiger partial charge on any atom is 0.265 e. The zero-order valence-electron chi connectivity index (χ0n) is 12.6. The van der Waals surface area contributed by atoms with Crippen molar-refractivity contribution in [3.63, 3.8) is 0 Å². The van der Waals surface area contributed by atoms with Gasteiger partial charge in [0.1, 0.15) is 4.88 Å². The number of nitrogens with zero attached hydrogens (tertiary/aromatic N) is 1. The largest absolute Gasteiger partial charge is 0.337 e. The Kier molecular flexibility index (Phi) is 4.86. The maximum atomic E-state index is 12.8. The molecule has 5 heteroatoms. The smallest absolute Gasteiger partial charge is 0.265 e. The standard InChI is InChI=1S/C17H20N2OS2/c1-21-15-7-8-22-16(15)17(20)19-10-13(9-18)14(11-19)12-5-3-2-4-6-12/h2-8,13-14H,9-11,18H2,1H3/t13-,14+/m1/s1. The summed E-state index contributed by atoms with van der Waals surface area (Å²) >= 11 is 3.16. The summed E-state index contributed by atoms with van der Waals surface area (Å²) in [5.41, 5.74) is 7.24. The van der Waals surface area contributed by atoms with E-state index in [1.165, 1.54) is 16.9 Å². The van der Waals surface area contributed by atoms with E-state index < -0.39 is 0 Å². The highest BCUT2D eigenvalue weighted by Gasteiger charge is 2.36. The summed E-state index contributed by atoms with van der Waals surface area (Å²) in [6, 6.07) is 12.4. The van der Waals surface area contributed by atoms with Gasteiger partial charge in [-0.3, -0.25) is 4.79 Å². The van der Waals surface area contributed by atoms with Gasteiger partial charge in [-0.25, -0.2) is 0 Å². The normalized spacial score (nSPS) is 21.3. The van der Waals surface area contributed by atoms with Crippen LogP contribution >= 0.6 is 23.1 Å². The SMILES string of the molecule is CSc1ccsc1C(=O)N1C[C@@H](CN)[C@H](c2ccccc2)C1. The Labute approximate surface area is 139 Å². The molecule has 2 heterocycles. The van der Waals surface area contributed by atoms with E-state index in [-0.39, 0.29) is 5.91 Å². The molecule has 3 rings (SSSR count). The number of hydrogen-bond donors (Lipinski definition) is 1. The number of thiophene rings is 1. The molecule has 0 spiro atoms. The lowest BCUT2D eigenvalue weighted by Gasteiger charge is -2.16. The van der Waals surface area contributed by atoms with E-state index in [1.807, 2.05) is 28.7 Å². The molecule has 0 unspecified atom stereocenters. The molecule has 1 aromatic heterocycles. The van der Waals surface area contributed by atoms with Gasteiger partial charge in [0, 0.05) is 23.9 Å². The molecule has 2 aromatic rings. The molecule has 0 radical (unpaired) electrons. The Morgan fingerprint density at radius 2 is 2.09 bits per heavy atom. The zero-order valence-corrected chi connectivity index (χ0v) is 14.2. The van der Waals surface area contributed by atoms with E-state index in [0.29, 0.717) is 18.4 Å². The number of hydrogen-bond acceptors (Lipinski definition) is 4. The first-order valence-electron chi connectivity index (χ1n) is 7.40. The Morgan fingerprint density at radius 1 is 1.32 bits per heavy atom. The predicted molar refractivity (Wildman–Crippen MR) is 93.7 cm³/mol. The van der Waals surface area contributed by atoms with Gasteiger partial charge in [0.15, 0.2) is 0 Å². The van der Waals surface area contributed by atoms with Crippen LogP contribution < -0.4 is 5.73 Å². The first-order chi connectivity index (χ1) is 10.7. The van der Waals surface area contributed by atoms with Crippen LogP contribution in [0.4, 0.5) is 0 Å². The molecular formula is C17H20N2OS2. The molecule has 0 saturated carbocycles. The summed E-state index contributed by atoms with van der Waals surface area (Å²) in [6.07, 6.45) is 2.01. The predicted octanol–water partition coefficient (Wildman–Crippen LogP) is 3.28. The van der Waals surface area contributed by atoms with Crippen molar-refractivity contribution in [1.29, 1.82) is 0 Å². The van der Waals surface area contributed by atoms with E-state index in [1.54, 1.807) is 11.8 Å². The number of carbonyl (C=O) groups is 1. The fraction of sp³-hybridized carbons (Fsp3) is 0.353. The minimum Gasteiger partial charge on any atom is -0.337 e. The third-order valence-corrected chi connectivity index (χ3v) is 6.11. The molecule has 2 N–H and O–H groups in total. The fourth-order valence-electron chi connectivity index (χ4n) is 3.11. The molecule has 2 atom stereocenters. The molecule has 1 amide bonds. The number of amides is 1. The molecule has 3 nitrogen and oxygen atoms in total. The molecule has 1 fully saturated rings. The van der Waals surface area contributed by atoms with Gasteiger partial charge in [0.2, 0.25) is 0 Å². The number of benzene rings is 1. The first-order valence-corrected chi connectivity index (χ1v) is 9.50. The van der Waals surface area contributed by atoms with Crippen LogP contribution in [0, 0.1) is 5.92 Å². The Balaban J connectivity index is 1.81. The average Bonchev–Trinajstić information content (AvgIpc) is 3.21. The van der Waals surface area contributed by atoms with Crippen LogP contribution in [-0.4, -0.2) is 36.7 Å². The van der Waals surface area contributed by atoms with E-state index >= 15 is 0 Å². The highest BCUT2D eigenvalue weighted by Crippen LogP contribution is 2.35. The second-order valence-electron chi connectivity index (χ2n) is 5.54. The van der Waals surface area contributed by atoms with E-state index in [4.69, 9.17) is 5.73 Å². The van der Waals surface area contributed by atoms with Gasteiger partial charge in [0.25, 0.3) is 5.91 Å². The van der Waals surface area contributed by atoms with Crippen molar-refractivity contribution in [2.75, 3.05) is 25.9 Å². The van der Waals surface area contributed by atoms with Gasteiger partial charge in [-0.1, -0.05) is 30.3 Å².